The zero-order chi connectivity index (χ0) is 14.0. The predicted octanol–water partition coefficient (Wildman–Crippen LogP) is 2.36. The molecule has 0 amide bonds. The molecule has 2 rings (SSSR count). The quantitative estimate of drug-likeness (QED) is 0.850. The summed E-state index contributed by atoms with van der Waals surface area (Å²) in [5.41, 5.74) is 6.93. The molecule has 106 valence electrons. The molecular formula is C12H17ClN2O2S2. The van der Waals surface area contributed by atoms with Crippen molar-refractivity contribution in [3.05, 3.63) is 22.7 Å². The highest BCUT2D eigenvalue weighted by Gasteiger charge is 2.26. The monoisotopic (exact) mass is 320 g/mol. The van der Waals surface area contributed by atoms with Crippen molar-refractivity contribution in [3.63, 3.8) is 0 Å². The van der Waals surface area contributed by atoms with E-state index >= 15 is 0 Å². The number of rotatable bonds is 2. The minimum absolute atomic E-state index is 0.188. The third-order valence-corrected chi connectivity index (χ3v) is 6.49. The zero-order valence-electron chi connectivity index (χ0n) is 10.7. The number of nitrogen functional groups attached to an aromatic ring is 1. The minimum atomic E-state index is -3.49. The van der Waals surface area contributed by atoms with E-state index in [4.69, 9.17) is 17.3 Å². The van der Waals surface area contributed by atoms with Crippen molar-refractivity contribution in [3.8, 4) is 0 Å². The van der Waals surface area contributed by atoms with Crippen LogP contribution in [0.4, 0.5) is 5.69 Å². The van der Waals surface area contributed by atoms with Crippen molar-refractivity contribution in [2.45, 2.75) is 18.2 Å². The Morgan fingerprint density at radius 3 is 2.74 bits per heavy atom. The van der Waals surface area contributed by atoms with Gasteiger partial charge in [-0.25, -0.2) is 8.42 Å². The maximum atomic E-state index is 12.6. The van der Waals surface area contributed by atoms with Crippen LogP contribution >= 0.6 is 23.4 Å². The van der Waals surface area contributed by atoms with Crippen molar-refractivity contribution < 1.29 is 8.42 Å². The van der Waals surface area contributed by atoms with Crippen LogP contribution in [-0.4, -0.2) is 37.3 Å². The summed E-state index contributed by atoms with van der Waals surface area (Å²) in [5, 5.41) is 0.391. The van der Waals surface area contributed by atoms with E-state index in [2.05, 4.69) is 0 Å². The number of nitrogens with two attached hydrogens (primary N) is 1. The van der Waals surface area contributed by atoms with Crippen LogP contribution in [0.5, 0.6) is 0 Å². The SMILES string of the molecule is Cc1c(N)cc(S(=O)(=O)N2CCCSCC2)cc1Cl. The van der Waals surface area contributed by atoms with Gasteiger partial charge in [-0.05, 0) is 36.8 Å². The summed E-state index contributed by atoms with van der Waals surface area (Å²) in [6, 6.07) is 2.98. The van der Waals surface area contributed by atoms with Crippen LogP contribution in [0.25, 0.3) is 0 Å². The highest BCUT2D eigenvalue weighted by Crippen LogP contribution is 2.28. The molecule has 1 aromatic rings. The Balaban J connectivity index is 2.38. The molecule has 1 fully saturated rings. The highest BCUT2D eigenvalue weighted by molar-refractivity contribution is 7.99. The van der Waals surface area contributed by atoms with E-state index in [-0.39, 0.29) is 4.90 Å². The van der Waals surface area contributed by atoms with Crippen LogP contribution in [0.1, 0.15) is 12.0 Å². The molecule has 2 N–H and O–H groups in total. The van der Waals surface area contributed by atoms with Crippen molar-refractivity contribution in [1.82, 2.24) is 4.31 Å². The van der Waals surface area contributed by atoms with Crippen LogP contribution in [0.3, 0.4) is 0 Å². The lowest BCUT2D eigenvalue weighted by molar-refractivity contribution is 0.435. The Morgan fingerprint density at radius 2 is 2.05 bits per heavy atom. The van der Waals surface area contributed by atoms with Gasteiger partial charge < -0.3 is 5.73 Å². The van der Waals surface area contributed by atoms with Gasteiger partial charge in [0.25, 0.3) is 0 Å². The first-order chi connectivity index (χ1) is 8.93. The fraction of sp³-hybridized carbons (Fsp3) is 0.500. The number of thioether (sulfide) groups is 1. The molecule has 1 saturated heterocycles. The summed E-state index contributed by atoms with van der Waals surface area (Å²) in [6.45, 7) is 2.87. The van der Waals surface area contributed by atoms with Gasteiger partial charge in [0, 0.05) is 29.6 Å². The topological polar surface area (TPSA) is 63.4 Å². The molecule has 1 aromatic carbocycles. The van der Waals surface area contributed by atoms with Crippen LogP contribution in [0.15, 0.2) is 17.0 Å². The maximum Gasteiger partial charge on any atom is 0.243 e. The molecule has 0 atom stereocenters. The Hall–Kier alpha value is -0.430. The molecule has 1 aliphatic heterocycles. The van der Waals surface area contributed by atoms with E-state index < -0.39 is 10.0 Å². The maximum absolute atomic E-state index is 12.6. The molecule has 1 aliphatic rings. The molecule has 1 heterocycles. The fourth-order valence-corrected chi connectivity index (χ4v) is 4.77. The average molecular weight is 321 g/mol. The molecule has 0 radical (unpaired) electrons. The van der Waals surface area contributed by atoms with E-state index in [1.165, 1.54) is 16.4 Å². The Bertz CT molecular complexity index is 544. The second-order valence-electron chi connectivity index (χ2n) is 4.49. The Labute approximate surface area is 123 Å². The lowest BCUT2D eigenvalue weighted by Gasteiger charge is -2.20. The molecule has 0 saturated carbocycles. The van der Waals surface area contributed by atoms with Gasteiger partial charge in [0.1, 0.15) is 0 Å². The summed E-state index contributed by atoms with van der Waals surface area (Å²) >= 11 is 7.81. The summed E-state index contributed by atoms with van der Waals surface area (Å²) in [5.74, 6) is 1.83. The molecule has 0 aromatic heterocycles. The number of hydrogen-bond donors (Lipinski definition) is 1. The number of anilines is 1. The fourth-order valence-electron chi connectivity index (χ4n) is 1.94. The van der Waals surface area contributed by atoms with Crippen LogP contribution in [0, 0.1) is 6.92 Å². The molecule has 0 bridgehead atoms. The lowest BCUT2D eigenvalue weighted by atomic mass is 10.2. The predicted molar refractivity (Wildman–Crippen MR) is 81.3 cm³/mol. The largest absolute Gasteiger partial charge is 0.398 e. The zero-order valence-corrected chi connectivity index (χ0v) is 13.1. The van der Waals surface area contributed by atoms with Crippen LogP contribution < -0.4 is 5.73 Å². The van der Waals surface area contributed by atoms with E-state index in [1.807, 2.05) is 0 Å². The van der Waals surface area contributed by atoms with Crippen LogP contribution in [0.2, 0.25) is 5.02 Å². The molecule has 0 aliphatic carbocycles. The second kappa shape index (κ2) is 5.91. The van der Waals surface area contributed by atoms with Crippen molar-refractivity contribution in [2.75, 3.05) is 30.3 Å². The smallest absolute Gasteiger partial charge is 0.243 e. The van der Waals surface area contributed by atoms with E-state index in [9.17, 15) is 8.42 Å². The van der Waals surface area contributed by atoms with Gasteiger partial charge in [0.15, 0.2) is 0 Å². The summed E-state index contributed by atoms with van der Waals surface area (Å²) < 4.78 is 26.6. The normalized spacial score (nSPS) is 18.2. The van der Waals surface area contributed by atoms with Gasteiger partial charge in [0.2, 0.25) is 10.0 Å². The number of hydrogen-bond acceptors (Lipinski definition) is 4. The third kappa shape index (κ3) is 3.18. The summed E-state index contributed by atoms with van der Waals surface area (Å²) in [4.78, 5) is 0.188. The molecule has 0 unspecified atom stereocenters. The Kier molecular flexibility index (Phi) is 4.66. The number of nitrogens with zero attached hydrogens (tertiary/aromatic N) is 1. The van der Waals surface area contributed by atoms with Crippen LogP contribution in [-0.2, 0) is 10.0 Å². The van der Waals surface area contributed by atoms with Gasteiger partial charge in [-0.1, -0.05) is 11.6 Å². The summed E-state index contributed by atoms with van der Waals surface area (Å²) in [7, 11) is -3.49. The first kappa shape index (κ1) is 15.0. The highest BCUT2D eigenvalue weighted by atomic mass is 35.5. The molecule has 4 nitrogen and oxygen atoms in total. The summed E-state index contributed by atoms with van der Waals surface area (Å²) in [6.07, 6.45) is 0.874. The average Bonchev–Trinajstić information content (AvgIpc) is 2.64. The number of sulfonamides is 1. The lowest BCUT2D eigenvalue weighted by Crippen LogP contribution is -2.33. The van der Waals surface area contributed by atoms with E-state index in [0.29, 0.717) is 29.4 Å². The van der Waals surface area contributed by atoms with Crippen molar-refractivity contribution in [1.29, 1.82) is 0 Å². The van der Waals surface area contributed by atoms with E-state index in [1.54, 1.807) is 18.7 Å². The third-order valence-electron chi connectivity index (χ3n) is 3.18. The molecule has 0 spiro atoms. The molecule has 19 heavy (non-hydrogen) atoms. The first-order valence-corrected chi connectivity index (χ1v) is 9.03. The number of halogens is 1. The second-order valence-corrected chi connectivity index (χ2v) is 8.06. The minimum Gasteiger partial charge on any atom is -0.398 e. The molecular weight excluding hydrogens is 304 g/mol. The van der Waals surface area contributed by atoms with Crippen molar-refractivity contribution in [2.24, 2.45) is 0 Å². The number of benzene rings is 1. The van der Waals surface area contributed by atoms with Gasteiger partial charge in [-0.15, -0.1) is 0 Å². The molecule has 7 heteroatoms. The van der Waals surface area contributed by atoms with E-state index in [0.717, 1.165) is 17.9 Å². The van der Waals surface area contributed by atoms with Gasteiger partial charge in [-0.3, -0.25) is 0 Å². The van der Waals surface area contributed by atoms with Gasteiger partial charge >= 0.3 is 0 Å². The Morgan fingerprint density at radius 1 is 1.32 bits per heavy atom. The standard InChI is InChI=1S/C12H17ClN2O2S2/c1-9-11(13)7-10(8-12(9)14)19(16,17)15-3-2-5-18-6-4-15/h7-8H,2-6,14H2,1H3. The van der Waals surface area contributed by atoms with Gasteiger partial charge in [0.05, 0.1) is 4.90 Å². The first-order valence-electron chi connectivity index (χ1n) is 6.06. The van der Waals surface area contributed by atoms with Gasteiger partial charge in [-0.2, -0.15) is 16.1 Å². The van der Waals surface area contributed by atoms with Crippen molar-refractivity contribution >= 4 is 39.1 Å².